The van der Waals surface area contributed by atoms with E-state index in [1.54, 1.807) is 0 Å². The molecule has 1 unspecified atom stereocenters. The molecule has 0 radical (unpaired) electrons. The highest BCUT2D eigenvalue weighted by atomic mass is 19.1. The monoisotopic (exact) mass is 292 g/mol. The van der Waals surface area contributed by atoms with E-state index in [1.807, 2.05) is 0 Å². The van der Waals surface area contributed by atoms with Crippen molar-refractivity contribution in [3.8, 4) is 5.75 Å². The number of amides is 3. The van der Waals surface area contributed by atoms with Crippen molar-refractivity contribution in [3.05, 3.63) is 29.1 Å². The molecule has 7 heteroatoms. The highest BCUT2D eigenvalue weighted by Gasteiger charge is 2.39. The number of rotatable bonds is 2. The smallest absolute Gasteiger partial charge is 0.255 e. The molecule has 21 heavy (non-hydrogen) atoms. The van der Waals surface area contributed by atoms with E-state index in [0.29, 0.717) is 5.56 Å². The Morgan fingerprint density at radius 2 is 2.10 bits per heavy atom. The van der Waals surface area contributed by atoms with Gasteiger partial charge in [0, 0.05) is 18.5 Å². The maximum Gasteiger partial charge on any atom is 0.255 e. The molecule has 2 aliphatic heterocycles. The zero-order valence-corrected chi connectivity index (χ0v) is 11.3. The molecule has 0 saturated carbocycles. The number of piperidine rings is 1. The summed E-state index contributed by atoms with van der Waals surface area (Å²) in [6.07, 6.45) is 0.470. The van der Waals surface area contributed by atoms with E-state index in [4.69, 9.17) is 4.74 Å². The van der Waals surface area contributed by atoms with Crippen LogP contribution < -0.4 is 10.1 Å². The molecule has 1 aromatic rings. The molecule has 1 saturated heterocycles. The maximum atomic E-state index is 13.7. The number of imide groups is 1. The van der Waals surface area contributed by atoms with Crippen molar-refractivity contribution in [1.29, 1.82) is 0 Å². The SMILES string of the molecule is COc1cc2c(cc1F)C(=O)N(C1CCC(=O)NC1=O)C2. The average Bonchev–Trinajstić information content (AvgIpc) is 2.75. The Morgan fingerprint density at radius 3 is 2.76 bits per heavy atom. The molecule has 1 aromatic carbocycles. The van der Waals surface area contributed by atoms with E-state index in [1.165, 1.54) is 18.1 Å². The quantitative estimate of drug-likeness (QED) is 0.810. The number of benzene rings is 1. The normalized spacial score (nSPS) is 21.3. The molecule has 0 bridgehead atoms. The Hall–Kier alpha value is -2.44. The van der Waals surface area contributed by atoms with Gasteiger partial charge in [-0.15, -0.1) is 0 Å². The molecule has 1 fully saturated rings. The molecule has 2 aliphatic rings. The van der Waals surface area contributed by atoms with Gasteiger partial charge in [0.1, 0.15) is 6.04 Å². The van der Waals surface area contributed by atoms with E-state index < -0.39 is 23.7 Å². The Labute approximate surface area is 119 Å². The van der Waals surface area contributed by atoms with E-state index in [0.717, 1.165) is 6.07 Å². The molecule has 0 spiro atoms. The van der Waals surface area contributed by atoms with E-state index in [2.05, 4.69) is 5.32 Å². The van der Waals surface area contributed by atoms with Crippen molar-refractivity contribution in [2.45, 2.75) is 25.4 Å². The fourth-order valence-electron chi connectivity index (χ4n) is 2.72. The Morgan fingerprint density at radius 1 is 1.33 bits per heavy atom. The van der Waals surface area contributed by atoms with Crippen molar-refractivity contribution >= 4 is 17.7 Å². The first-order chi connectivity index (χ1) is 10.0. The fourth-order valence-corrected chi connectivity index (χ4v) is 2.72. The molecule has 2 heterocycles. The molecule has 3 rings (SSSR count). The molecular formula is C14H13FN2O4. The number of ether oxygens (including phenoxy) is 1. The van der Waals surface area contributed by atoms with Gasteiger partial charge >= 0.3 is 0 Å². The molecule has 0 aliphatic carbocycles. The number of nitrogens with zero attached hydrogens (tertiary/aromatic N) is 1. The third-order valence-electron chi connectivity index (χ3n) is 3.80. The predicted octanol–water partition coefficient (Wildman–Crippen LogP) is 0.595. The standard InChI is InChI=1S/C14H13FN2O4/c1-21-11-4-7-6-17(14(20)8(7)5-9(11)15)10-2-3-12(18)16-13(10)19/h4-5,10H,2-3,6H2,1H3,(H,16,18,19). The summed E-state index contributed by atoms with van der Waals surface area (Å²) < 4.78 is 18.6. The average molecular weight is 292 g/mol. The number of hydrogen-bond donors (Lipinski definition) is 1. The summed E-state index contributed by atoms with van der Waals surface area (Å²) in [6.45, 7) is 0.205. The number of nitrogens with one attached hydrogen (secondary N) is 1. The Bertz CT molecular complexity index is 659. The largest absolute Gasteiger partial charge is 0.494 e. The molecule has 0 aromatic heterocycles. The van der Waals surface area contributed by atoms with Crippen LogP contribution in [0.25, 0.3) is 0 Å². The topological polar surface area (TPSA) is 75.7 Å². The fraction of sp³-hybridized carbons (Fsp3) is 0.357. The minimum absolute atomic E-state index is 0.0617. The van der Waals surface area contributed by atoms with E-state index in [-0.39, 0.29) is 36.6 Å². The van der Waals surface area contributed by atoms with Crippen LogP contribution in [0.15, 0.2) is 12.1 Å². The summed E-state index contributed by atoms with van der Waals surface area (Å²) in [5.74, 6) is -1.78. The number of carbonyl (C=O) groups excluding carboxylic acids is 3. The lowest BCUT2D eigenvalue weighted by Gasteiger charge is -2.29. The van der Waals surface area contributed by atoms with Gasteiger partial charge in [-0.2, -0.15) is 0 Å². The second-order valence-corrected chi connectivity index (χ2v) is 5.04. The third-order valence-corrected chi connectivity index (χ3v) is 3.80. The van der Waals surface area contributed by atoms with Crippen LogP contribution in [0.4, 0.5) is 4.39 Å². The molecule has 1 atom stereocenters. The van der Waals surface area contributed by atoms with Crippen LogP contribution in [0.5, 0.6) is 5.75 Å². The van der Waals surface area contributed by atoms with Crippen molar-refractivity contribution in [1.82, 2.24) is 10.2 Å². The minimum atomic E-state index is -0.698. The molecule has 110 valence electrons. The maximum absolute atomic E-state index is 13.7. The summed E-state index contributed by atoms with van der Waals surface area (Å²) in [4.78, 5) is 36.7. The van der Waals surface area contributed by atoms with Crippen molar-refractivity contribution in [2.75, 3.05) is 7.11 Å². The van der Waals surface area contributed by atoms with Gasteiger partial charge < -0.3 is 9.64 Å². The number of carbonyl (C=O) groups is 3. The zero-order valence-electron chi connectivity index (χ0n) is 11.3. The van der Waals surface area contributed by atoms with Gasteiger partial charge in [0.25, 0.3) is 5.91 Å². The zero-order chi connectivity index (χ0) is 15.1. The summed E-state index contributed by atoms with van der Waals surface area (Å²) in [5.41, 5.74) is 0.848. The minimum Gasteiger partial charge on any atom is -0.494 e. The van der Waals surface area contributed by atoms with E-state index >= 15 is 0 Å². The number of halogens is 1. The lowest BCUT2D eigenvalue weighted by molar-refractivity contribution is -0.136. The van der Waals surface area contributed by atoms with Crippen LogP contribution in [0.2, 0.25) is 0 Å². The second kappa shape index (κ2) is 4.83. The highest BCUT2D eigenvalue weighted by molar-refractivity contribution is 6.05. The van der Waals surface area contributed by atoms with Gasteiger partial charge in [-0.3, -0.25) is 19.7 Å². The van der Waals surface area contributed by atoms with Gasteiger partial charge in [0.15, 0.2) is 11.6 Å². The van der Waals surface area contributed by atoms with Crippen molar-refractivity contribution < 1.29 is 23.5 Å². The van der Waals surface area contributed by atoms with Crippen LogP contribution in [0, 0.1) is 5.82 Å². The number of hydrogen-bond acceptors (Lipinski definition) is 4. The first-order valence-corrected chi connectivity index (χ1v) is 6.52. The van der Waals surface area contributed by atoms with Crippen molar-refractivity contribution in [3.63, 3.8) is 0 Å². The molecule has 3 amide bonds. The highest BCUT2D eigenvalue weighted by Crippen LogP contribution is 2.31. The van der Waals surface area contributed by atoms with Crippen LogP contribution in [-0.2, 0) is 16.1 Å². The summed E-state index contributed by atoms with van der Waals surface area (Å²) in [7, 11) is 1.35. The summed E-state index contributed by atoms with van der Waals surface area (Å²) in [6, 6.07) is 1.90. The van der Waals surface area contributed by atoms with Crippen LogP contribution in [0.1, 0.15) is 28.8 Å². The predicted molar refractivity (Wildman–Crippen MR) is 69.0 cm³/mol. The van der Waals surface area contributed by atoms with E-state index in [9.17, 15) is 18.8 Å². The molecule has 6 nitrogen and oxygen atoms in total. The van der Waals surface area contributed by atoms with Crippen molar-refractivity contribution in [2.24, 2.45) is 0 Å². The summed E-state index contributed by atoms with van der Waals surface area (Å²) >= 11 is 0. The van der Waals surface area contributed by atoms with Crippen LogP contribution >= 0.6 is 0 Å². The van der Waals surface area contributed by atoms with Gasteiger partial charge in [-0.25, -0.2) is 4.39 Å². The lowest BCUT2D eigenvalue weighted by Crippen LogP contribution is -2.52. The molecular weight excluding hydrogens is 279 g/mol. The molecule has 1 N–H and O–H groups in total. The Balaban J connectivity index is 1.90. The van der Waals surface area contributed by atoms with Gasteiger partial charge in [0.2, 0.25) is 11.8 Å². The first-order valence-electron chi connectivity index (χ1n) is 6.52. The van der Waals surface area contributed by atoms with Gasteiger partial charge in [0.05, 0.1) is 7.11 Å². The number of fused-ring (bicyclic) bond motifs is 1. The summed E-state index contributed by atoms with van der Waals surface area (Å²) in [5, 5.41) is 2.22. The second-order valence-electron chi connectivity index (χ2n) is 5.04. The van der Waals surface area contributed by atoms with Gasteiger partial charge in [-0.1, -0.05) is 0 Å². The Kier molecular flexibility index (Phi) is 3.12. The van der Waals surface area contributed by atoms with Gasteiger partial charge in [-0.05, 0) is 24.1 Å². The van der Waals surface area contributed by atoms with Crippen LogP contribution in [0.3, 0.4) is 0 Å². The first kappa shape index (κ1) is 13.5. The lowest BCUT2D eigenvalue weighted by atomic mass is 10.0. The number of methoxy groups -OCH3 is 1. The van der Waals surface area contributed by atoms with Crippen LogP contribution in [-0.4, -0.2) is 35.8 Å². The third kappa shape index (κ3) is 2.14.